The van der Waals surface area contributed by atoms with E-state index in [0.29, 0.717) is 25.3 Å². The highest BCUT2D eigenvalue weighted by molar-refractivity contribution is 5.92. The Balaban J connectivity index is 1.68. The van der Waals surface area contributed by atoms with Crippen molar-refractivity contribution < 1.29 is 14.3 Å². The van der Waals surface area contributed by atoms with Crippen LogP contribution >= 0.6 is 0 Å². The van der Waals surface area contributed by atoms with Crippen molar-refractivity contribution in [3.05, 3.63) is 18.1 Å². The summed E-state index contributed by atoms with van der Waals surface area (Å²) < 4.78 is 5.70. The van der Waals surface area contributed by atoms with Crippen LogP contribution < -0.4 is 15.5 Å². The zero-order valence-corrected chi connectivity index (χ0v) is 14.0. The molecule has 3 heterocycles. The fraction of sp³-hybridized carbons (Fsp3) is 0.625. The number of nitrogens with zero attached hydrogens (tertiary/aromatic N) is 3. The van der Waals surface area contributed by atoms with Crippen molar-refractivity contribution in [1.82, 2.24) is 20.6 Å². The third-order valence-electron chi connectivity index (χ3n) is 4.45. The van der Waals surface area contributed by atoms with E-state index in [1.54, 1.807) is 6.20 Å². The highest BCUT2D eigenvalue weighted by atomic mass is 16.5. The first kappa shape index (κ1) is 16.6. The van der Waals surface area contributed by atoms with Gasteiger partial charge in [0.25, 0.3) is 5.91 Å². The van der Waals surface area contributed by atoms with E-state index in [1.165, 1.54) is 6.20 Å². The number of carbonyl (C=O) groups is 2. The zero-order chi connectivity index (χ0) is 17.1. The molecule has 2 amide bonds. The van der Waals surface area contributed by atoms with Gasteiger partial charge in [-0.15, -0.1) is 0 Å². The van der Waals surface area contributed by atoms with Gasteiger partial charge in [-0.05, 0) is 19.3 Å². The number of ether oxygens (including phenoxy) is 1. The maximum atomic E-state index is 12.5. The molecule has 24 heavy (non-hydrogen) atoms. The average molecular weight is 333 g/mol. The number of rotatable bonds is 4. The minimum Gasteiger partial charge on any atom is -0.376 e. The lowest BCUT2D eigenvalue weighted by molar-refractivity contribution is -0.125. The molecule has 0 saturated carbocycles. The Kier molecular flexibility index (Phi) is 4.94. The molecule has 0 bridgehead atoms. The molecule has 2 saturated heterocycles. The first-order valence-electron chi connectivity index (χ1n) is 8.26. The topological polar surface area (TPSA) is 96.5 Å². The van der Waals surface area contributed by atoms with Gasteiger partial charge in [-0.3, -0.25) is 9.59 Å². The number of carbonyl (C=O) groups excluding carboxylic acids is 2. The summed E-state index contributed by atoms with van der Waals surface area (Å²) in [6.07, 6.45) is 5.87. The SMILES string of the molecule is CN(C)c1cnc(C(=O)N[C@@H]2CCC(=O)N[C@H]2[C@@H]2CCCO2)cn1. The molecule has 0 aromatic carbocycles. The van der Waals surface area contributed by atoms with E-state index >= 15 is 0 Å². The first-order valence-corrected chi connectivity index (χ1v) is 8.26. The largest absolute Gasteiger partial charge is 0.376 e. The van der Waals surface area contributed by atoms with Crippen LogP contribution in [-0.4, -0.2) is 60.7 Å². The number of anilines is 1. The summed E-state index contributed by atoms with van der Waals surface area (Å²) >= 11 is 0. The van der Waals surface area contributed by atoms with Crippen molar-refractivity contribution in [3.8, 4) is 0 Å². The standard InChI is InChI=1S/C16H23N5O3/c1-21(2)13-9-17-11(8-18-13)16(23)19-10-5-6-14(22)20-15(10)12-4-3-7-24-12/h8-10,12,15H,3-7H2,1-2H3,(H,19,23)(H,20,22)/t10-,12+,15-/m1/s1. The van der Waals surface area contributed by atoms with Gasteiger partial charge < -0.3 is 20.3 Å². The molecule has 8 heteroatoms. The molecule has 8 nitrogen and oxygen atoms in total. The Morgan fingerprint density at radius 3 is 2.79 bits per heavy atom. The lowest BCUT2D eigenvalue weighted by Gasteiger charge is -2.35. The third-order valence-corrected chi connectivity index (χ3v) is 4.45. The van der Waals surface area contributed by atoms with Gasteiger partial charge in [0, 0.05) is 27.1 Å². The molecule has 2 N–H and O–H groups in total. The number of aromatic nitrogens is 2. The second-order valence-corrected chi connectivity index (χ2v) is 6.42. The van der Waals surface area contributed by atoms with Gasteiger partial charge in [-0.25, -0.2) is 9.97 Å². The number of piperidine rings is 1. The summed E-state index contributed by atoms with van der Waals surface area (Å²) in [7, 11) is 3.72. The van der Waals surface area contributed by atoms with Crippen molar-refractivity contribution >= 4 is 17.6 Å². The normalized spacial score (nSPS) is 26.8. The Morgan fingerprint density at radius 2 is 2.17 bits per heavy atom. The summed E-state index contributed by atoms with van der Waals surface area (Å²) in [5, 5.41) is 5.95. The smallest absolute Gasteiger partial charge is 0.271 e. The molecule has 0 unspecified atom stereocenters. The van der Waals surface area contributed by atoms with Crippen molar-refractivity contribution in [2.45, 2.75) is 43.9 Å². The van der Waals surface area contributed by atoms with E-state index in [9.17, 15) is 9.59 Å². The number of nitrogens with one attached hydrogen (secondary N) is 2. The minimum atomic E-state index is -0.281. The Labute approximate surface area is 141 Å². The van der Waals surface area contributed by atoms with Crippen molar-refractivity contribution in [1.29, 1.82) is 0 Å². The van der Waals surface area contributed by atoms with E-state index < -0.39 is 0 Å². The predicted molar refractivity (Wildman–Crippen MR) is 87.8 cm³/mol. The number of hydrogen-bond acceptors (Lipinski definition) is 6. The molecule has 3 rings (SSSR count). The number of hydrogen-bond donors (Lipinski definition) is 2. The first-order chi connectivity index (χ1) is 11.5. The van der Waals surface area contributed by atoms with Crippen LogP contribution in [0.3, 0.4) is 0 Å². The molecule has 2 aliphatic rings. The van der Waals surface area contributed by atoms with Crippen LogP contribution in [0, 0.1) is 0 Å². The van der Waals surface area contributed by atoms with Crippen molar-refractivity contribution in [3.63, 3.8) is 0 Å². The molecular formula is C16H23N5O3. The van der Waals surface area contributed by atoms with Crippen LogP contribution in [-0.2, 0) is 9.53 Å². The van der Waals surface area contributed by atoms with Gasteiger partial charge in [0.2, 0.25) is 5.91 Å². The van der Waals surface area contributed by atoms with E-state index in [2.05, 4.69) is 20.6 Å². The molecule has 1 aromatic heterocycles. The summed E-state index contributed by atoms with van der Waals surface area (Å²) in [5.41, 5.74) is 0.267. The summed E-state index contributed by atoms with van der Waals surface area (Å²) in [4.78, 5) is 34.4. The molecule has 0 aliphatic carbocycles. The van der Waals surface area contributed by atoms with Gasteiger partial charge >= 0.3 is 0 Å². The Morgan fingerprint density at radius 1 is 1.33 bits per heavy atom. The molecular weight excluding hydrogens is 310 g/mol. The van der Waals surface area contributed by atoms with E-state index in [0.717, 1.165) is 12.8 Å². The average Bonchev–Trinajstić information content (AvgIpc) is 3.11. The molecule has 0 spiro atoms. The maximum Gasteiger partial charge on any atom is 0.271 e. The monoisotopic (exact) mass is 333 g/mol. The molecule has 3 atom stereocenters. The molecule has 2 aliphatic heterocycles. The zero-order valence-electron chi connectivity index (χ0n) is 14.0. The molecule has 130 valence electrons. The van der Waals surface area contributed by atoms with Crippen molar-refractivity contribution in [2.75, 3.05) is 25.6 Å². The van der Waals surface area contributed by atoms with Gasteiger partial charge in [0.05, 0.1) is 30.6 Å². The number of amides is 2. The Bertz CT molecular complexity index is 598. The van der Waals surface area contributed by atoms with Crippen LogP contribution in [0.2, 0.25) is 0 Å². The summed E-state index contributed by atoms with van der Waals surface area (Å²) in [6, 6.07) is -0.347. The second-order valence-electron chi connectivity index (χ2n) is 6.42. The highest BCUT2D eigenvalue weighted by Gasteiger charge is 2.37. The third kappa shape index (κ3) is 3.64. The van der Waals surface area contributed by atoms with Crippen LogP contribution in [0.15, 0.2) is 12.4 Å². The minimum absolute atomic E-state index is 0.0103. The van der Waals surface area contributed by atoms with E-state index in [-0.39, 0.29) is 35.7 Å². The van der Waals surface area contributed by atoms with Gasteiger partial charge in [0.15, 0.2) is 0 Å². The van der Waals surface area contributed by atoms with Crippen molar-refractivity contribution in [2.24, 2.45) is 0 Å². The Hall–Kier alpha value is -2.22. The molecule has 0 radical (unpaired) electrons. The van der Waals surface area contributed by atoms with E-state index in [1.807, 2.05) is 19.0 Å². The molecule has 1 aromatic rings. The quantitative estimate of drug-likeness (QED) is 0.811. The lowest BCUT2D eigenvalue weighted by atomic mass is 9.92. The van der Waals surface area contributed by atoms with Crippen LogP contribution in [0.4, 0.5) is 5.82 Å². The van der Waals surface area contributed by atoms with Gasteiger partial charge in [0.1, 0.15) is 11.5 Å². The van der Waals surface area contributed by atoms with Crippen LogP contribution in [0.5, 0.6) is 0 Å². The maximum absolute atomic E-state index is 12.5. The predicted octanol–water partition coefficient (Wildman–Crippen LogP) is 0.0986. The highest BCUT2D eigenvalue weighted by Crippen LogP contribution is 2.22. The molecule has 2 fully saturated rings. The van der Waals surface area contributed by atoms with Crippen LogP contribution in [0.25, 0.3) is 0 Å². The van der Waals surface area contributed by atoms with E-state index in [4.69, 9.17) is 4.74 Å². The van der Waals surface area contributed by atoms with Gasteiger partial charge in [-0.2, -0.15) is 0 Å². The summed E-state index contributed by atoms with van der Waals surface area (Å²) in [6.45, 7) is 0.704. The summed E-state index contributed by atoms with van der Waals surface area (Å²) in [5.74, 6) is 0.418. The lowest BCUT2D eigenvalue weighted by Crippen LogP contribution is -2.60. The van der Waals surface area contributed by atoms with Gasteiger partial charge in [-0.1, -0.05) is 0 Å². The van der Waals surface area contributed by atoms with Crippen LogP contribution in [0.1, 0.15) is 36.2 Å². The fourth-order valence-corrected chi connectivity index (χ4v) is 3.14. The fourth-order valence-electron chi connectivity index (χ4n) is 3.14. The second kappa shape index (κ2) is 7.12.